The van der Waals surface area contributed by atoms with E-state index in [4.69, 9.17) is 25.2 Å². The maximum Gasteiger partial charge on any atom is 0.340 e. The predicted octanol–water partition coefficient (Wildman–Crippen LogP) is 2.99. The Morgan fingerprint density at radius 3 is 2.30 bits per heavy atom. The highest BCUT2D eigenvalue weighted by Crippen LogP contribution is 2.43. The summed E-state index contributed by atoms with van der Waals surface area (Å²) < 4.78 is 16.0. The van der Waals surface area contributed by atoms with E-state index in [1.54, 1.807) is 55.5 Å². The van der Waals surface area contributed by atoms with Crippen LogP contribution < -0.4 is 5.73 Å². The lowest BCUT2D eigenvalue weighted by atomic mass is 9.81. The number of ether oxygens (including phenoxy) is 3. The molecule has 0 unspecified atom stereocenters. The molecule has 1 heterocycles. The van der Waals surface area contributed by atoms with Gasteiger partial charge in [-0.3, -0.25) is 0 Å². The summed E-state index contributed by atoms with van der Waals surface area (Å²) in [5.41, 5.74) is 7.85. The van der Waals surface area contributed by atoms with E-state index in [1.165, 1.54) is 7.11 Å². The number of hydrogen-bond donors (Lipinski definition) is 1. The highest BCUT2D eigenvalue weighted by atomic mass is 16.5. The predicted molar refractivity (Wildman–Crippen MR) is 108 cm³/mol. The zero-order chi connectivity index (χ0) is 21.7. The van der Waals surface area contributed by atoms with Gasteiger partial charge in [-0.05, 0) is 24.6 Å². The average Bonchev–Trinajstić information content (AvgIpc) is 2.78. The molecule has 152 valence electrons. The number of carbonyl (C=O) groups is 2. The molecule has 0 aromatic heterocycles. The normalized spacial score (nSPS) is 15.8. The molecule has 0 aliphatic carbocycles. The van der Waals surface area contributed by atoms with Crippen molar-refractivity contribution >= 4 is 17.7 Å². The van der Waals surface area contributed by atoms with Gasteiger partial charge in [-0.25, -0.2) is 9.59 Å². The largest absolute Gasteiger partial charge is 0.465 e. The summed E-state index contributed by atoms with van der Waals surface area (Å²) in [7, 11) is 1.22. The molecule has 0 amide bonds. The number of benzene rings is 2. The molecule has 0 saturated carbocycles. The number of carbonyl (C=O) groups excluding carboxylic acids is 2. The maximum absolute atomic E-state index is 13.0. The van der Waals surface area contributed by atoms with E-state index in [0.717, 1.165) is 0 Å². The lowest BCUT2D eigenvalue weighted by Gasteiger charge is -2.29. The third kappa shape index (κ3) is 3.89. The third-order valence-electron chi connectivity index (χ3n) is 4.61. The highest BCUT2D eigenvalue weighted by Gasteiger charge is 2.41. The molecule has 1 aliphatic rings. The van der Waals surface area contributed by atoms with Crippen molar-refractivity contribution in [3.05, 3.63) is 88.3 Å². The van der Waals surface area contributed by atoms with Gasteiger partial charge in [0.05, 0.1) is 36.8 Å². The van der Waals surface area contributed by atoms with Crippen molar-refractivity contribution in [1.82, 2.24) is 0 Å². The van der Waals surface area contributed by atoms with Gasteiger partial charge in [-0.2, -0.15) is 5.26 Å². The molecule has 7 heteroatoms. The summed E-state index contributed by atoms with van der Waals surface area (Å²) in [5, 5.41) is 9.10. The number of nitriles is 1. The molecule has 0 spiro atoms. The van der Waals surface area contributed by atoms with Crippen molar-refractivity contribution in [2.75, 3.05) is 13.7 Å². The summed E-state index contributed by atoms with van der Waals surface area (Å²) >= 11 is 0. The van der Waals surface area contributed by atoms with Crippen LogP contribution in [0.4, 0.5) is 0 Å². The molecular formula is C23H20N2O5. The number of hydrogen-bond acceptors (Lipinski definition) is 7. The van der Waals surface area contributed by atoms with Crippen LogP contribution in [0.2, 0.25) is 0 Å². The lowest BCUT2D eigenvalue weighted by molar-refractivity contribution is -0.139. The average molecular weight is 404 g/mol. The monoisotopic (exact) mass is 404 g/mol. The van der Waals surface area contributed by atoms with E-state index >= 15 is 0 Å². The summed E-state index contributed by atoms with van der Waals surface area (Å²) in [6.45, 7) is 1.82. The number of nitrogens with two attached hydrogens (primary N) is 1. The van der Waals surface area contributed by atoms with Crippen LogP contribution >= 0.6 is 0 Å². The fraction of sp³-hybridized carbons (Fsp3) is 0.174. The Bertz CT molecular complexity index is 1060. The Kier molecular flexibility index (Phi) is 6.18. The molecule has 1 aliphatic heterocycles. The lowest BCUT2D eigenvalue weighted by Crippen LogP contribution is -2.30. The Labute approximate surface area is 174 Å². The van der Waals surface area contributed by atoms with Gasteiger partial charge in [0.25, 0.3) is 0 Å². The summed E-state index contributed by atoms with van der Waals surface area (Å²) in [4.78, 5) is 25.6. The first kappa shape index (κ1) is 20.7. The zero-order valence-corrected chi connectivity index (χ0v) is 16.5. The second kappa shape index (κ2) is 8.97. The fourth-order valence-electron chi connectivity index (χ4n) is 3.27. The SMILES string of the molecule is CCOC(=O)C1=C(c2ccccc2)OC(N)=C(C(=O)OC)[C@@H]1c1ccc(C#N)cc1. The smallest absolute Gasteiger partial charge is 0.340 e. The van der Waals surface area contributed by atoms with E-state index in [1.807, 2.05) is 12.1 Å². The fourth-order valence-corrected chi connectivity index (χ4v) is 3.27. The molecule has 2 N–H and O–H groups in total. The minimum absolute atomic E-state index is 0.00931. The molecule has 30 heavy (non-hydrogen) atoms. The quantitative estimate of drug-likeness (QED) is 0.763. The Hall–Kier alpha value is -4.05. The van der Waals surface area contributed by atoms with Crippen LogP contribution in [0.15, 0.2) is 71.6 Å². The second-order valence-electron chi connectivity index (χ2n) is 6.37. The number of rotatable bonds is 5. The third-order valence-corrected chi connectivity index (χ3v) is 4.61. The summed E-state index contributed by atoms with van der Waals surface area (Å²) in [5.74, 6) is -2.22. The molecule has 2 aromatic rings. The molecule has 7 nitrogen and oxygen atoms in total. The van der Waals surface area contributed by atoms with Crippen LogP contribution in [0, 0.1) is 11.3 Å². The number of nitrogens with zero attached hydrogens (tertiary/aromatic N) is 1. The van der Waals surface area contributed by atoms with Crippen molar-refractivity contribution in [2.24, 2.45) is 5.73 Å². The molecule has 0 radical (unpaired) electrons. The van der Waals surface area contributed by atoms with Gasteiger partial charge in [0.15, 0.2) is 0 Å². The van der Waals surface area contributed by atoms with E-state index in [-0.39, 0.29) is 29.4 Å². The Morgan fingerprint density at radius 1 is 1.07 bits per heavy atom. The van der Waals surface area contributed by atoms with E-state index in [0.29, 0.717) is 16.7 Å². The minimum atomic E-state index is -0.895. The summed E-state index contributed by atoms with van der Waals surface area (Å²) in [6.07, 6.45) is 0. The molecule has 2 aromatic carbocycles. The number of methoxy groups -OCH3 is 1. The van der Waals surface area contributed by atoms with E-state index < -0.39 is 17.9 Å². The molecule has 3 rings (SSSR count). The first-order valence-electron chi connectivity index (χ1n) is 9.24. The van der Waals surface area contributed by atoms with Gasteiger partial charge in [-0.1, -0.05) is 42.5 Å². The molecule has 0 saturated heterocycles. The maximum atomic E-state index is 13.0. The van der Waals surface area contributed by atoms with Crippen molar-refractivity contribution in [3.63, 3.8) is 0 Å². The van der Waals surface area contributed by atoms with Gasteiger partial charge in [0.1, 0.15) is 11.3 Å². The minimum Gasteiger partial charge on any atom is -0.465 e. The van der Waals surface area contributed by atoms with Gasteiger partial charge in [0.2, 0.25) is 5.88 Å². The Balaban J connectivity index is 2.29. The standard InChI is InChI=1S/C23H20N2O5/c1-3-29-23(27)18-17(15-11-9-14(13-24)10-12-15)19(22(26)28-2)21(25)30-20(18)16-7-5-4-6-8-16/h4-12,17H,3,25H2,1-2H3/t17-/m1/s1. The van der Waals surface area contributed by atoms with Crippen LogP contribution in [0.3, 0.4) is 0 Å². The van der Waals surface area contributed by atoms with Crippen LogP contribution in [0.25, 0.3) is 5.76 Å². The zero-order valence-electron chi connectivity index (χ0n) is 16.5. The first-order valence-corrected chi connectivity index (χ1v) is 9.24. The molecule has 1 atom stereocenters. The second-order valence-corrected chi connectivity index (χ2v) is 6.37. The first-order chi connectivity index (χ1) is 14.5. The van der Waals surface area contributed by atoms with Gasteiger partial charge >= 0.3 is 11.9 Å². The van der Waals surface area contributed by atoms with E-state index in [9.17, 15) is 9.59 Å². The Morgan fingerprint density at radius 2 is 1.73 bits per heavy atom. The highest BCUT2D eigenvalue weighted by molar-refractivity contribution is 6.04. The van der Waals surface area contributed by atoms with Crippen LogP contribution in [0.5, 0.6) is 0 Å². The molecular weight excluding hydrogens is 384 g/mol. The van der Waals surface area contributed by atoms with Crippen LogP contribution in [-0.4, -0.2) is 25.7 Å². The topological polar surface area (TPSA) is 112 Å². The van der Waals surface area contributed by atoms with Gasteiger partial charge in [-0.15, -0.1) is 0 Å². The van der Waals surface area contributed by atoms with Crippen molar-refractivity contribution in [2.45, 2.75) is 12.8 Å². The number of esters is 2. The van der Waals surface area contributed by atoms with Gasteiger partial charge < -0.3 is 19.9 Å². The van der Waals surface area contributed by atoms with Gasteiger partial charge in [0, 0.05) is 5.56 Å². The van der Waals surface area contributed by atoms with Crippen LogP contribution in [-0.2, 0) is 23.8 Å². The molecule has 0 fully saturated rings. The van der Waals surface area contributed by atoms with Crippen LogP contribution in [0.1, 0.15) is 29.5 Å². The van der Waals surface area contributed by atoms with E-state index in [2.05, 4.69) is 0 Å². The molecule has 0 bridgehead atoms. The van der Waals surface area contributed by atoms with Crippen molar-refractivity contribution in [3.8, 4) is 6.07 Å². The van der Waals surface area contributed by atoms with Crippen molar-refractivity contribution < 1.29 is 23.8 Å². The van der Waals surface area contributed by atoms with Crippen molar-refractivity contribution in [1.29, 1.82) is 5.26 Å². The summed E-state index contributed by atoms with van der Waals surface area (Å²) in [6, 6.07) is 17.5.